The van der Waals surface area contributed by atoms with E-state index in [9.17, 15) is 29.4 Å². The Hall–Kier alpha value is -2.78. The molecule has 0 spiro atoms. The van der Waals surface area contributed by atoms with Gasteiger partial charge in [-0.05, 0) is 31.8 Å². The van der Waals surface area contributed by atoms with Crippen LogP contribution in [0.3, 0.4) is 0 Å². The molecule has 0 bridgehead atoms. The first-order valence-corrected chi connectivity index (χ1v) is 12.5. The zero-order chi connectivity index (χ0) is 26.4. The first kappa shape index (κ1) is 26.3. The molecule has 1 heterocycles. The number of allylic oxidation sites excluding steroid dienone is 2. The molecule has 9 heteroatoms. The fraction of sp³-hybridized carbons (Fsp3) is 0.630. The number of carbonyl (C=O) groups is 4. The summed E-state index contributed by atoms with van der Waals surface area (Å²) < 4.78 is 11.0. The van der Waals surface area contributed by atoms with Crippen molar-refractivity contribution in [1.29, 1.82) is 0 Å². The van der Waals surface area contributed by atoms with Gasteiger partial charge in [-0.2, -0.15) is 0 Å². The molecular formula is C27H35NO8. The molecular weight excluding hydrogens is 466 g/mol. The number of nitrogens with zero attached hydrogens (tertiary/aromatic N) is 1. The lowest BCUT2D eigenvalue weighted by Crippen LogP contribution is -2.53. The van der Waals surface area contributed by atoms with Gasteiger partial charge in [0.05, 0.1) is 18.1 Å². The number of Topliss-reactive ketones (excluding diaryl/α,β-unsaturated/α-hetero) is 2. The van der Waals surface area contributed by atoms with Crippen LogP contribution in [0.1, 0.15) is 52.9 Å². The molecule has 1 saturated heterocycles. The third-order valence-electron chi connectivity index (χ3n) is 8.59. The van der Waals surface area contributed by atoms with Gasteiger partial charge in [0.25, 0.3) is 0 Å². The highest BCUT2D eigenvalue weighted by Crippen LogP contribution is 2.60. The van der Waals surface area contributed by atoms with Gasteiger partial charge in [0.2, 0.25) is 5.78 Å². The molecule has 0 amide bonds. The van der Waals surface area contributed by atoms with E-state index in [0.717, 1.165) is 25.9 Å². The van der Waals surface area contributed by atoms with Crippen LogP contribution in [0.5, 0.6) is 0 Å². The van der Waals surface area contributed by atoms with E-state index in [2.05, 4.69) is 0 Å². The normalized spacial score (nSPS) is 33.6. The second kappa shape index (κ2) is 9.59. The monoisotopic (exact) mass is 501 g/mol. The third kappa shape index (κ3) is 3.93. The van der Waals surface area contributed by atoms with Crippen molar-refractivity contribution in [3.05, 3.63) is 34.3 Å². The van der Waals surface area contributed by atoms with Crippen LogP contribution < -0.4 is 0 Å². The van der Waals surface area contributed by atoms with Gasteiger partial charge in [0.1, 0.15) is 11.9 Å². The highest BCUT2D eigenvalue weighted by Gasteiger charge is 2.62. The highest BCUT2D eigenvalue weighted by atomic mass is 16.5. The Balaban J connectivity index is 2.00. The number of aliphatic hydroxyl groups excluding tert-OH is 2. The molecule has 2 N–H and O–H groups in total. The lowest BCUT2D eigenvalue weighted by Gasteiger charge is -2.51. The van der Waals surface area contributed by atoms with Gasteiger partial charge in [-0.1, -0.05) is 6.92 Å². The van der Waals surface area contributed by atoms with E-state index in [0.29, 0.717) is 18.3 Å². The molecule has 0 aromatic rings. The number of methoxy groups -OCH3 is 1. The van der Waals surface area contributed by atoms with Crippen molar-refractivity contribution in [2.24, 2.45) is 16.7 Å². The van der Waals surface area contributed by atoms with Crippen LogP contribution in [0.25, 0.3) is 0 Å². The fourth-order valence-electron chi connectivity index (χ4n) is 6.79. The van der Waals surface area contributed by atoms with Gasteiger partial charge in [-0.15, -0.1) is 0 Å². The maximum Gasteiger partial charge on any atom is 0.303 e. The zero-order valence-electron chi connectivity index (χ0n) is 21.3. The lowest BCUT2D eigenvalue weighted by atomic mass is 9.54. The molecule has 3 aliphatic carbocycles. The molecule has 4 rings (SSSR count). The van der Waals surface area contributed by atoms with E-state index in [4.69, 9.17) is 9.47 Å². The SMILES string of the molecule is COCC(O)[C@@]1(C)C(/C(C=O)=C/N2CCCC2)=C(O)C(=O)C2=C1C(OC(C)=O)C[C@]1(C)C(=O)CCC21. The number of aliphatic hydroxyl groups is 2. The number of fused-ring (bicyclic) bond motifs is 2. The Morgan fingerprint density at radius 1 is 1.25 bits per heavy atom. The van der Waals surface area contributed by atoms with Crippen LogP contribution >= 0.6 is 0 Å². The topological polar surface area (TPSA) is 130 Å². The highest BCUT2D eigenvalue weighted by molar-refractivity contribution is 6.12. The van der Waals surface area contributed by atoms with Gasteiger partial charge >= 0.3 is 5.97 Å². The third-order valence-corrected chi connectivity index (χ3v) is 8.59. The maximum atomic E-state index is 13.8. The van der Waals surface area contributed by atoms with E-state index in [-0.39, 0.29) is 42.0 Å². The first-order valence-electron chi connectivity index (χ1n) is 12.5. The quantitative estimate of drug-likeness (QED) is 0.306. The van der Waals surface area contributed by atoms with Crippen molar-refractivity contribution in [2.45, 2.75) is 65.1 Å². The summed E-state index contributed by atoms with van der Waals surface area (Å²) >= 11 is 0. The predicted octanol–water partition coefficient (Wildman–Crippen LogP) is 2.19. The van der Waals surface area contributed by atoms with E-state index < -0.39 is 46.5 Å². The van der Waals surface area contributed by atoms with Crippen molar-refractivity contribution >= 4 is 23.8 Å². The standard InChI is InChI=1S/C27H35NO8/c1-15(30)36-18-11-26(2)17(7-8-19(26)31)21-23(18)27(3,20(32)14-35-4)22(25(34)24(21)33)16(13-29)12-28-9-5-6-10-28/h12-13,17-18,20,32,34H,5-11,14H2,1-4H3/b16-12+/t17?,18?,20?,26-,27-/m0/s1. The Kier molecular flexibility index (Phi) is 7.00. The van der Waals surface area contributed by atoms with Crippen molar-refractivity contribution in [2.75, 3.05) is 26.8 Å². The average Bonchev–Trinajstić information content (AvgIpc) is 3.43. The number of aldehydes is 1. The maximum absolute atomic E-state index is 13.8. The Morgan fingerprint density at radius 3 is 2.50 bits per heavy atom. The molecule has 36 heavy (non-hydrogen) atoms. The van der Waals surface area contributed by atoms with Crippen molar-refractivity contribution < 1.29 is 38.9 Å². The summed E-state index contributed by atoms with van der Waals surface area (Å²) in [6.07, 6.45) is 2.64. The Morgan fingerprint density at radius 2 is 1.92 bits per heavy atom. The summed E-state index contributed by atoms with van der Waals surface area (Å²) in [5, 5.41) is 22.9. The van der Waals surface area contributed by atoms with Crippen LogP contribution in [0, 0.1) is 16.7 Å². The van der Waals surface area contributed by atoms with Crippen molar-refractivity contribution in [1.82, 2.24) is 4.90 Å². The summed E-state index contributed by atoms with van der Waals surface area (Å²) in [5.41, 5.74) is -1.84. The van der Waals surface area contributed by atoms with Crippen LogP contribution in [-0.4, -0.2) is 77.9 Å². The zero-order valence-corrected chi connectivity index (χ0v) is 21.3. The van der Waals surface area contributed by atoms with E-state index in [1.165, 1.54) is 14.0 Å². The van der Waals surface area contributed by atoms with Gasteiger partial charge in [0, 0.05) is 74.2 Å². The smallest absolute Gasteiger partial charge is 0.303 e. The predicted molar refractivity (Wildman–Crippen MR) is 129 cm³/mol. The summed E-state index contributed by atoms with van der Waals surface area (Å²) in [4.78, 5) is 53.3. The van der Waals surface area contributed by atoms with E-state index in [1.54, 1.807) is 20.0 Å². The van der Waals surface area contributed by atoms with Gasteiger partial charge in [-0.3, -0.25) is 19.2 Å². The summed E-state index contributed by atoms with van der Waals surface area (Å²) in [6.45, 7) is 5.94. The molecule has 2 fully saturated rings. The first-order chi connectivity index (χ1) is 17.0. The number of esters is 1. The van der Waals surface area contributed by atoms with Gasteiger partial charge in [0.15, 0.2) is 12.0 Å². The Bertz CT molecular complexity index is 1080. The molecule has 3 unspecified atom stereocenters. The number of hydrogen-bond donors (Lipinski definition) is 2. The molecule has 0 aromatic heterocycles. The Labute approximate surface area is 210 Å². The molecule has 1 aliphatic heterocycles. The molecule has 0 aromatic carbocycles. The van der Waals surface area contributed by atoms with Crippen molar-refractivity contribution in [3.8, 4) is 0 Å². The largest absolute Gasteiger partial charge is 0.504 e. The minimum atomic E-state index is -1.50. The average molecular weight is 502 g/mol. The van der Waals surface area contributed by atoms with Crippen LogP contribution in [0.4, 0.5) is 0 Å². The van der Waals surface area contributed by atoms with Crippen LogP contribution in [0.15, 0.2) is 34.3 Å². The number of carbonyl (C=O) groups excluding carboxylic acids is 4. The van der Waals surface area contributed by atoms with E-state index in [1.807, 2.05) is 4.90 Å². The minimum Gasteiger partial charge on any atom is -0.504 e. The molecule has 196 valence electrons. The number of likely N-dealkylation sites (tertiary alicyclic amines) is 1. The minimum absolute atomic E-state index is 0.0113. The summed E-state index contributed by atoms with van der Waals surface area (Å²) in [6, 6.07) is 0. The second-order valence-corrected chi connectivity index (χ2v) is 10.7. The number of ether oxygens (including phenoxy) is 2. The van der Waals surface area contributed by atoms with E-state index >= 15 is 0 Å². The van der Waals surface area contributed by atoms with Gasteiger partial charge < -0.3 is 24.6 Å². The molecule has 0 radical (unpaired) electrons. The molecule has 5 atom stereocenters. The second-order valence-electron chi connectivity index (χ2n) is 10.7. The molecule has 1 saturated carbocycles. The fourth-order valence-corrected chi connectivity index (χ4v) is 6.79. The van der Waals surface area contributed by atoms with Crippen LogP contribution in [-0.2, 0) is 28.7 Å². The molecule has 4 aliphatic rings. The molecule has 9 nitrogen and oxygen atoms in total. The lowest BCUT2D eigenvalue weighted by molar-refractivity contribution is -0.150. The number of ketones is 2. The van der Waals surface area contributed by atoms with Crippen molar-refractivity contribution in [3.63, 3.8) is 0 Å². The van der Waals surface area contributed by atoms with Gasteiger partial charge in [-0.25, -0.2) is 0 Å². The summed E-state index contributed by atoms with van der Waals surface area (Å²) in [7, 11) is 1.41. The number of rotatable bonds is 7. The van der Waals surface area contributed by atoms with Crippen LogP contribution in [0.2, 0.25) is 0 Å². The summed E-state index contributed by atoms with van der Waals surface area (Å²) in [5.74, 6) is -2.45. The number of hydrogen-bond acceptors (Lipinski definition) is 9.